The Morgan fingerprint density at radius 1 is 1.15 bits per heavy atom. The van der Waals surface area contributed by atoms with Gasteiger partial charge in [-0.1, -0.05) is 36.4 Å². The van der Waals surface area contributed by atoms with Crippen LogP contribution in [0.15, 0.2) is 58.4 Å². The normalized spacial score (nSPS) is 12.1. The van der Waals surface area contributed by atoms with E-state index in [2.05, 4.69) is 16.4 Å². The van der Waals surface area contributed by atoms with Crippen molar-refractivity contribution in [3.8, 4) is 0 Å². The molecule has 0 heterocycles. The maximum absolute atomic E-state index is 13.8. The molecule has 0 aliphatic rings. The maximum Gasteiger partial charge on any atom is 0.193 e. The average Bonchev–Trinajstić information content (AvgIpc) is 2.63. The molecule has 0 radical (unpaired) electrons. The first kappa shape index (κ1) is 20.9. The second kappa shape index (κ2) is 9.50. The highest BCUT2D eigenvalue weighted by Crippen LogP contribution is 2.15. The van der Waals surface area contributed by atoms with Crippen LogP contribution in [0.3, 0.4) is 0 Å². The fourth-order valence-electron chi connectivity index (χ4n) is 2.67. The number of guanidine groups is 1. The molecule has 0 aromatic heterocycles. The van der Waals surface area contributed by atoms with Gasteiger partial charge in [0.25, 0.3) is 0 Å². The Labute approximate surface area is 160 Å². The zero-order chi connectivity index (χ0) is 19.9. The lowest BCUT2D eigenvalue weighted by Gasteiger charge is -2.23. The van der Waals surface area contributed by atoms with E-state index in [-0.39, 0.29) is 17.2 Å². The molecule has 2 rings (SSSR count). The molecule has 0 spiro atoms. The van der Waals surface area contributed by atoms with Gasteiger partial charge in [-0.15, -0.1) is 0 Å². The number of sulfone groups is 1. The quantitative estimate of drug-likeness (QED) is 0.582. The molecule has 0 aliphatic heterocycles. The third-order valence-corrected chi connectivity index (χ3v) is 5.88. The number of nitrogens with zero attached hydrogens (tertiary/aromatic N) is 2. The minimum Gasteiger partial charge on any atom is -0.357 e. The van der Waals surface area contributed by atoms with Crippen LogP contribution in [-0.4, -0.2) is 45.2 Å². The Balaban J connectivity index is 2.09. The van der Waals surface area contributed by atoms with E-state index in [4.69, 9.17) is 0 Å². The van der Waals surface area contributed by atoms with Crippen LogP contribution in [0.5, 0.6) is 0 Å². The van der Waals surface area contributed by atoms with Crippen molar-refractivity contribution >= 4 is 15.8 Å². The van der Waals surface area contributed by atoms with Gasteiger partial charge in [0.1, 0.15) is 10.7 Å². The summed E-state index contributed by atoms with van der Waals surface area (Å²) in [5, 5.41) is 3.17. The van der Waals surface area contributed by atoms with Crippen molar-refractivity contribution in [2.45, 2.75) is 25.3 Å². The molecule has 0 unspecified atom stereocenters. The van der Waals surface area contributed by atoms with Gasteiger partial charge in [-0.25, -0.2) is 12.8 Å². The summed E-state index contributed by atoms with van der Waals surface area (Å²) in [7, 11) is -1.82. The molecule has 2 aromatic carbocycles. The molecule has 0 bridgehead atoms. The number of aliphatic imine (C=N–C) groups is 1. The van der Waals surface area contributed by atoms with Crippen LogP contribution in [0.1, 0.15) is 18.1 Å². The van der Waals surface area contributed by atoms with Crippen molar-refractivity contribution in [3.63, 3.8) is 0 Å². The van der Waals surface area contributed by atoms with E-state index in [1.165, 1.54) is 29.3 Å². The first-order chi connectivity index (χ1) is 12.8. The van der Waals surface area contributed by atoms with Crippen LogP contribution in [-0.2, 0) is 16.4 Å². The zero-order valence-electron chi connectivity index (χ0n) is 15.9. The van der Waals surface area contributed by atoms with E-state index in [0.29, 0.717) is 19.0 Å². The van der Waals surface area contributed by atoms with Gasteiger partial charge in [0, 0.05) is 20.1 Å². The molecule has 0 amide bonds. The predicted octanol–water partition coefficient (Wildman–Crippen LogP) is 3.01. The van der Waals surface area contributed by atoms with E-state index in [9.17, 15) is 12.8 Å². The van der Waals surface area contributed by atoms with Crippen molar-refractivity contribution < 1.29 is 12.8 Å². The monoisotopic (exact) mass is 391 g/mol. The number of hydrogen-bond donors (Lipinski definition) is 1. The van der Waals surface area contributed by atoms with Gasteiger partial charge in [-0.05, 0) is 37.1 Å². The van der Waals surface area contributed by atoms with Gasteiger partial charge >= 0.3 is 0 Å². The Bertz CT molecular complexity index is 898. The van der Waals surface area contributed by atoms with Crippen LogP contribution in [0, 0.1) is 12.7 Å². The molecule has 2 aromatic rings. The molecule has 27 heavy (non-hydrogen) atoms. The Morgan fingerprint density at radius 3 is 2.48 bits per heavy atom. The van der Waals surface area contributed by atoms with Gasteiger partial charge in [0.05, 0.1) is 12.3 Å². The minimum atomic E-state index is -3.72. The first-order valence-corrected chi connectivity index (χ1v) is 10.5. The van der Waals surface area contributed by atoms with E-state index < -0.39 is 15.7 Å². The first-order valence-electron chi connectivity index (χ1n) is 8.86. The number of halogens is 1. The highest BCUT2D eigenvalue weighted by atomic mass is 32.2. The summed E-state index contributed by atoms with van der Waals surface area (Å²) < 4.78 is 38.5. The second-order valence-corrected chi connectivity index (χ2v) is 8.35. The summed E-state index contributed by atoms with van der Waals surface area (Å²) in [5.74, 6) is -0.365. The molecular weight excluding hydrogens is 365 g/mol. The van der Waals surface area contributed by atoms with Gasteiger partial charge < -0.3 is 10.2 Å². The summed E-state index contributed by atoms with van der Waals surface area (Å²) in [4.78, 5) is 6.08. The average molecular weight is 392 g/mol. The highest BCUT2D eigenvalue weighted by Gasteiger charge is 2.18. The van der Waals surface area contributed by atoms with Crippen molar-refractivity contribution in [1.29, 1.82) is 0 Å². The number of nitrogens with one attached hydrogen (secondary N) is 1. The fraction of sp³-hybridized carbons (Fsp3) is 0.350. The Morgan fingerprint density at radius 2 is 1.81 bits per heavy atom. The highest BCUT2D eigenvalue weighted by molar-refractivity contribution is 7.91. The minimum absolute atomic E-state index is 0.0527. The smallest absolute Gasteiger partial charge is 0.193 e. The Kier molecular flexibility index (Phi) is 7.36. The lowest BCUT2D eigenvalue weighted by Crippen LogP contribution is -2.39. The summed E-state index contributed by atoms with van der Waals surface area (Å²) >= 11 is 0. The van der Waals surface area contributed by atoms with E-state index in [1.807, 2.05) is 44.0 Å². The summed E-state index contributed by atoms with van der Waals surface area (Å²) in [6, 6.07) is 13.5. The molecule has 0 atom stereocenters. The molecule has 146 valence electrons. The van der Waals surface area contributed by atoms with Crippen molar-refractivity contribution in [2.24, 2.45) is 4.99 Å². The van der Waals surface area contributed by atoms with Crippen LogP contribution in [0.2, 0.25) is 0 Å². The molecule has 0 saturated carbocycles. The Hall–Kier alpha value is -2.41. The number of rotatable bonds is 7. The number of benzene rings is 2. The van der Waals surface area contributed by atoms with Crippen LogP contribution < -0.4 is 5.32 Å². The number of aryl methyl sites for hydroxylation is 1. The van der Waals surface area contributed by atoms with Crippen molar-refractivity contribution in [3.05, 3.63) is 65.5 Å². The molecule has 5 nitrogen and oxygen atoms in total. The molecule has 0 fully saturated rings. The second-order valence-electron chi connectivity index (χ2n) is 6.27. The third kappa shape index (κ3) is 5.79. The fourth-order valence-corrected chi connectivity index (χ4v) is 3.87. The number of hydrogen-bond acceptors (Lipinski definition) is 3. The van der Waals surface area contributed by atoms with Gasteiger partial charge in [0.2, 0.25) is 0 Å². The van der Waals surface area contributed by atoms with Crippen LogP contribution in [0.4, 0.5) is 4.39 Å². The van der Waals surface area contributed by atoms with Crippen molar-refractivity contribution in [2.75, 3.05) is 25.9 Å². The molecule has 0 aliphatic carbocycles. The van der Waals surface area contributed by atoms with E-state index in [1.54, 1.807) is 0 Å². The SMILES string of the molecule is CCNC(=NCCS(=O)(=O)c1ccccc1F)N(C)Cc1ccccc1C. The lowest BCUT2D eigenvalue weighted by molar-refractivity contribution is 0.476. The third-order valence-electron chi connectivity index (χ3n) is 4.16. The summed E-state index contributed by atoms with van der Waals surface area (Å²) in [5.41, 5.74) is 2.35. The largest absolute Gasteiger partial charge is 0.357 e. The van der Waals surface area contributed by atoms with E-state index >= 15 is 0 Å². The van der Waals surface area contributed by atoms with Gasteiger partial charge in [-0.2, -0.15) is 0 Å². The van der Waals surface area contributed by atoms with Gasteiger partial charge in [-0.3, -0.25) is 4.99 Å². The lowest BCUT2D eigenvalue weighted by atomic mass is 10.1. The van der Waals surface area contributed by atoms with Crippen LogP contribution in [0.25, 0.3) is 0 Å². The zero-order valence-corrected chi connectivity index (χ0v) is 16.8. The molecular formula is C20H26FN3O2S. The molecule has 1 N–H and O–H groups in total. The topological polar surface area (TPSA) is 61.8 Å². The predicted molar refractivity (Wildman–Crippen MR) is 107 cm³/mol. The summed E-state index contributed by atoms with van der Waals surface area (Å²) in [6.07, 6.45) is 0. The standard InChI is InChI=1S/C20H26FN3O2S/c1-4-22-20(24(3)15-17-10-6-5-9-16(17)2)23-13-14-27(25,26)19-12-8-7-11-18(19)21/h5-12H,4,13-15H2,1-3H3,(H,22,23). The summed E-state index contributed by atoms with van der Waals surface area (Å²) in [6.45, 7) is 5.37. The molecule has 7 heteroatoms. The maximum atomic E-state index is 13.8. The van der Waals surface area contributed by atoms with Crippen molar-refractivity contribution in [1.82, 2.24) is 10.2 Å². The molecule has 0 saturated heterocycles. The van der Waals surface area contributed by atoms with Gasteiger partial charge in [0.15, 0.2) is 15.8 Å². The van der Waals surface area contributed by atoms with E-state index in [0.717, 1.165) is 6.07 Å². The van der Waals surface area contributed by atoms with Crippen LogP contribution >= 0.6 is 0 Å².